The van der Waals surface area contributed by atoms with Gasteiger partial charge in [-0.2, -0.15) is 0 Å². The lowest BCUT2D eigenvalue weighted by Gasteiger charge is -2.43. The van der Waals surface area contributed by atoms with Gasteiger partial charge in [0.25, 0.3) is 0 Å². The molecule has 0 spiro atoms. The molecule has 20 unspecified atom stereocenters. The van der Waals surface area contributed by atoms with Gasteiger partial charge in [-0.15, -0.1) is 19.7 Å². The Bertz CT molecular complexity index is 1210. The quantitative estimate of drug-likeness (QED) is 0.0450. The van der Waals surface area contributed by atoms with Crippen molar-refractivity contribution in [3.63, 3.8) is 0 Å². The van der Waals surface area contributed by atoms with Crippen LogP contribution in [0, 0.1) is 5.92 Å². The Morgan fingerprint density at radius 1 is 0.468 bits per heavy atom. The van der Waals surface area contributed by atoms with Gasteiger partial charge in [0.2, 0.25) is 0 Å². The maximum atomic E-state index is 11.3. The van der Waals surface area contributed by atoms with Gasteiger partial charge < -0.3 is 118 Å². The fourth-order valence-corrected chi connectivity index (χ4v) is 6.21. The lowest BCUT2D eigenvalue weighted by molar-refractivity contribution is -0.299. The monoisotopic (exact) mass is 908 g/mol. The van der Waals surface area contributed by atoms with E-state index < -0.39 is 136 Å². The molecule has 0 bridgehead atoms. The van der Waals surface area contributed by atoms with Crippen molar-refractivity contribution in [2.75, 3.05) is 74.7 Å². The van der Waals surface area contributed by atoms with E-state index in [4.69, 9.17) is 78.0 Å². The van der Waals surface area contributed by atoms with E-state index in [0.29, 0.717) is 6.61 Å². The number of rotatable bonds is 18. The SMILES string of the molecule is C=CCOC1OC(CO)C(O)C(O)C1O.C=CCOC1OC(COC)C(C=O)C(OC)C1OC.C=CCOC1OC(COC)C(O)C(O)C1O.OCC1OC(O)C(O)C(O)C1O. The summed E-state index contributed by atoms with van der Waals surface area (Å²) in [7, 11) is 6.07. The second kappa shape index (κ2) is 31.0. The van der Waals surface area contributed by atoms with Gasteiger partial charge in [0, 0.05) is 28.4 Å². The van der Waals surface area contributed by atoms with Crippen LogP contribution < -0.4 is 0 Å². The van der Waals surface area contributed by atoms with Crippen LogP contribution >= 0.6 is 0 Å². The van der Waals surface area contributed by atoms with E-state index in [-0.39, 0.29) is 26.4 Å². The molecule has 364 valence electrons. The Hall–Kier alpha value is -2.03. The Kier molecular flexibility index (Phi) is 29.0. The molecule has 4 saturated heterocycles. The number of aldehydes is 1. The lowest BCUT2D eigenvalue weighted by Crippen LogP contribution is -2.59. The van der Waals surface area contributed by atoms with Crippen molar-refractivity contribution < 1.29 is 118 Å². The maximum Gasteiger partial charge on any atom is 0.187 e. The zero-order valence-corrected chi connectivity index (χ0v) is 35.2. The number of hydrogen-bond acceptors (Lipinski definition) is 24. The van der Waals surface area contributed by atoms with Crippen molar-refractivity contribution in [1.82, 2.24) is 0 Å². The molecule has 20 atom stereocenters. The highest BCUT2D eigenvalue weighted by atomic mass is 16.7. The Balaban J connectivity index is 0.000000418. The summed E-state index contributed by atoms with van der Waals surface area (Å²) in [4.78, 5) is 11.3. The minimum absolute atomic E-state index is 0.110. The Labute approximate surface area is 359 Å². The first-order chi connectivity index (χ1) is 29.5. The molecule has 0 aromatic rings. The molecule has 4 heterocycles. The third kappa shape index (κ3) is 16.8. The fourth-order valence-electron chi connectivity index (χ4n) is 6.21. The van der Waals surface area contributed by atoms with E-state index in [0.717, 1.165) is 6.29 Å². The van der Waals surface area contributed by atoms with Crippen molar-refractivity contribution in [2.45, 2.75) is 117 Å². The molecule has 4 aliphatic heterocycles. The van der Waals surface area contributed by atoms with Crippen LogP contribution in [-0.2, 0) is 56.9 Å². The molecule has 0 aromatic heterocycles. The van der Waals surface area contributed by atoms with Gasteiger partial charge in [0.1, 0.15) is 91.7 Å². The number of carbonyl (C=O) groups is 1. The van der Waals surface area contributed by atoms with Crippen LogP contribution in [0.1, 0.15) is 0 Å². The first-order valence-electron chi connectivity index (χ1n) is 19.3. The predicted molar refractivity (Wildman–Crippen MR) is 208 cm³/mol. The first kappa shape index (κ1) is 58.0. The maximum absolute atomic E-state index is 11.3. The van der Waals surface area contributed by atoms with E-state index >= 15 is 0 Å². The highest BCUT2D eigenvalue weighted by Crippen LogP contribution is 2.30. The van der Waals surface area contributed by atoms with E-state index in [2.05, 4.69) is 24.5 Å². The highest BCUT2D eigenvalue weighted by molar-refractivity contribution is 5.56. The van der Waals surface area contributed by atoms with E-state index in [1.54, 1.807) is 13.2 Å². The second-order valence-corrected chi connectivity index (χ2v) is 13.9. The molecular formula is C38H68O24. The summed E-state index contributed by atoms with van der Waals surface area (Å²) in [6, 6.07) is 0. The average Bonchev–Trinajstić information content (AvgIpc) is 3.27. The van der Waals surface area contributed by atoms with Gasteiger partial charge in [-0.1, -0.05) is 18.2 Å². The number of aliphatic hydroxyl groups is 12. The minimum atomic E-state index is -1.57. The number of methoxy groups -OCH3 is 4. The predicted octanol–water partition coefficient (Wildman–Crippen LogP) is -6.18. The van der Waals surface area contributed by atoms with Crippen LogP contribution in [-0.4, -0.2) is 259 Å². The molecule has 0 aliphatic carbocycles. The van der Waals surface area contributed by atoms with Gasteiger partial charge in [0.15, 0.2) is 25.2 Å². The summed E-state index contributed by atoms with van der Waals surface area (Å²) in [5.41, 5.74) is 0. The first-order valence-corrected chi connectivity index (χ1v) is 19.3. The Morgan fingerprint density at radius 2 is 0.839 bits per heavy atom. The number of carbonyl (C=O) groups excluding carboxylic acids is 1. The van der Waals surface area contributed by atoms with E-state index in [1.807, 2.05) is 0 Å². The van der Waals surface area contributed by atoms with Crippen LogP contribution in [0.2, 0.25) is 0 Å². The van der Waals surface area contributed by atoms with Crippen LogP contribution in [0.15, 0.2) is 38.0 Å². The molecular weight excluding hydrogens is 840 g/mol. The van der Waals surface area contributed by atoms with Crippen molar-refractivity contribution in [3.8, 4) is 0 Å². The highest BCUT2D eigenvalue weighted by Gasteiger charge is 2.48. The van der Waals surface area contributed by atoms with Gasteiger partial charge >= 0.3 is 0 Å². The minimum Gasteiger partial charge on any atom is -0.394 e. The summed E-state index contributed by atoms with van der Waals surface area (Å²) < 4.78 is 56.9. The molecule has 12 N–H and O–H groups in total. The molecule has 4 rings (SSSR count). The van der Waals surface area contributed by atoms with Crippen LogP contribution in [0.3, 0.4) is 0 Å². The van der Waals surface area contributed by atoms with Gasteiger partial charge in [-0.3, -0.25) is 0 Å². The summed E-state index contributed by atoms with van der Waals surface area (Å²) in [5, 5.41) is 111. The van der Waals surface area contributed by atoms with Crippen molar-refractivity contribution >= 4 is 6.29 Å². The molecule has 0 aromatic carbocycles. The summed E-state index contributed by atoms with van der Waals surface area (Å²) >= 11 is 0. The van der Waals surface area contributed by atoms with Crippen molar-refractivity contribution in [3.05, 3.63) is 38.0 Å². The summed E-state index contributed by atoms with van der Waals surface area (Å²) in [5.74, 6) is -0.460. The molecule has 0 amide bonds. The number of hydrogen-bond donors (Lipinski definition) is 12. The topological polar surface area (TPSA) is 361 Å². The number of ether oxygens (including phenoxy) is 11. The van der Waals surface area contributed by atoms with E-state index in [9.17, 15) is 35.4 Å². The third-order valence-electron chi connectivity index (χ3n) is 9.59. The summed E-state index contributed by atoms with van der Waals surface area (Å²) in [6.07, 6.45) is -15.2. The molecule has 0 saturated carbocycles. The van der Waals surface area contributed by atoms with Crippen LogP contribution in [0.4, 0.5) is 0 Å². The van der Waals surface area contributed by atoms with Crippen molar-refractivity contribution in [1.29, 1.82) is 0 Å². The Morgan fingerprint density at radius 3 is 1.24 bits per heavy atom. The summed E-state index contributed by atoms with van der Waals surface area (Å²) in [6.45, 7) is 10.5. The van der Waals surface area contributed by atoms with Crippen molar-refractivity contribution in [2.24, 2.45) is 5.92 Å². The normalized spacial score (nSPS) is 40.5. The lowest BCUT2D eigenvalue weighted by atomic mass is 9.90. The molecule has 4 fully saturated rings. The molecule has 0 radical (unpaired) electrons. The standard InChI is InChI=1S/C13H22O6.C10H18O6.C9H16O6.C6H12O6/c1-5-6-18-13-12(17-4)11(16-3)9(7-14)10(19-13)8-15-2;1-3-4-15-10-9(13)8(12)7(11)6(16-10)5-14-2;1-2-3-14-9-8(13)7(12)6(11)5(4-10)15-9;7-1-2-3(8)4(9)5(10)6(11)12-2/h5,7,9-13H,1,6,8H2,2-4H3;3,6-13H,1,4-5H2,2H3;2,5-13H,1,3-4H2;2-11H,1H2. The van der Waals surface area contributed by atoms with Crippen LogP contribution in [0.5, 0.6) is 0 Å². The smallest absolute Gasteiger partial charge is 0.187 e. The van der Waals surface area contributed by atoms with Crippen LogP contribution in [0.25, 0.3) is 0 Å². The average molecular weight is 909 g/mol. The molecule has 4 aliphatic rings. The zero-order valence-electron chi connectivity index (χ0n) is 35.2. The van der Waals surface area contributed by atoms with Gasteiger partial charge in [0.05, 0.1) is 58.3 Å². The third-order valence-corrected chi connectivity index (χ3v) is 9.59. The molecule has 62 heavy (non-hydrogen) atoms. The molecule has 24 heteroatoms. The zero-order chi connectivity index (χ0) is 47.1. The number of aliphatic hydroxyl groups excluding tert-OH is 12. The second-order valence-electron chi connectivity index (χ2n) is 13.9. The van der Waals surface area contributed by atoms with Gasteiger partial charge in [-0.05, 0) is 0 Å². The van der Waals surface area contributed by atoms with E-state index in [1.165, 1.54) is 33.5 Å². The molecule has 24 nitrogen and oxygen atoms in total. The largest absolute Gasteiger partial charge is 0.394 e. The fraction of sp³-hybridized carbons (Fsp3) is 0.816. The van der Waals surface area contributed by atoms with Gasteiger partial charge in [-0.25, -0.2) is 0 Å².